The number of nitrogens with zero attached hydrogens (tertiary/aromatic N) is 3. The van der Waals surface area contributed by atoms with E-state index >= 15 is 0 Å². The van der Waals surface area contributed by atoms with E-state index in [0.717, 1.165) is 22.8 Å². The van der Waals surface area contributed by atoms with Crippen molar-refractivity contribution < 1.29 is 9.84 Å². The van der Waals surface area contributed by atoms with Crippen LogP contribution in [0.5, 0.6) is 5.75 Å². The highest BCUT2D eigenvalue weighted by Gasteiger charge is 2.24. The van der Waals surface area contributed by atoms with Crippen LogP contribution in [-0.2, 0) is 6.54 Å². The Morgan fingerprint density at radius 1 is 1.28 bits per heavy atom. The van der Waals surface area contributed by atoms with E-state index in [4.69, 9.17) is 21.3 Å². The molecule has 132 valence electrons. The van der Waals surface area contributed by atoms with Crippen LogP contribution in [0.2, 0.25) is 5.02 Å². The van der Waals surface area contributed by atoms with Gasteiger partial charge in [0.05, 0.1) is 24.6 Å². The second kappa shape index (κ2) is 7.02. The summed E-state index contributed by atoms with van der Waals surface area (Å²) in [5.41, 5.74) is 2.00. The van der Waals surface area contributed by atoms with Crippen molar-refractivity contribution in [3.63, 3.8) is 0 Å². The molecule has 25 heavy (non-hydrogen) atoms. The molecule has 0 bridgehead atoms. The van der Waals surface area contributed by atoms with Gasteiger partial charge in [-0.15, -0.1) is 0 Å². The Hall–Kier alpha value is -2.11. The predicted molar refractivity (Wildman–Crippen MR) is 99.8 cm³/mol. The van der Waals surface area contributed by atoms with Crippen LogP contribution in [0.25, 0.3) is 0 Å². The molecule has 0 aliphatic carbocycles. The van der Waals surface area contributed by atoms with Crippen molar-refractivity contribution in [1.29, 1.82) is 0 Å². The molecule has 0 unspecified atom stereocenters. The molecule has 1 aromatic carbocycles. The third kappa shape index (κ3) is 4.30. The summed E-state index contributed by atoms with van der Waals surface area (Å²) >= 11 is 6.13. The van der Waals surface area contributed by atoms with Crippen LogP contribution < -0.4 is 4.74 Å². The van der Waals surface area contributed by atoms with Gasteiger partial charge in [0.2, 0.25) is 0 Å². The number of fused-ring (bicyclic) bond motifs is 1. The minimum Gasteiger partial charge on any atom is -0.495 e. The number of pyridine rings is 1. The van der Waals surface area contributed by atoms with E-state index in [2.05, 4.69) is 9.88 Å². The van der Waals surface area contributed by atoms with Gasteiger partial charge < -0.3 is 14.7 Å². The summed E-state index contributed by atoms with van der Waals surface area (Å²) in [4.78, 5) is 11.4. The van der Waals surface area contributed by atoms with Gasteiger partial charge in [-0.3, -0.25) is 0 Å². The zero-order chi connectivity index (χ0) is 18.0. The average Bonchev–Trinajstić information content (AvgIpc) is 2.58. The fourth-order valence-corrected chi connectivity index (χ4v) is 2.90. The van der Waals surface area contributed by atoms with Crippen molar-refractivity contribution in [3.05, 3.63) is 52.8 Å². The van der Waals surface area contributed by atoms with Crippen molar-refractivity contribution >= 4 is 23.1 Å². The number of aliphatic hydroxyl groups is 1. The van der Waals surface area contributed by atoms with Gasteiger partial charge in [-0.05, 0) is 56.2 Å². The fourth-order valence-electron chi connectivity index (χ4n) is 2.70. The van der Waals surface area contributed by atoms with Crippen LogP contribution in [0.3, 0.4) is 0 Å². The molecule has 0 saturated heterocycles. The maximum absolute atomic E-state index is 10.1. The van der Waals surface area contributed by atoms with Gasteiger partial charge in [-0.25, -0.2) is 9.98 Å². The van der Waals surface area contributed by atoms with Crippen LogP contribution in [-0.4, -0.2) is 40.1 Å². The lowest BCUT2D eigenvalue weighted by atomic mass is 10.0. The van der Waals surface area contributed by atoms with Crippen molar-refractivity contribution in [2.24, 2.45) is 4.99 Å². The molecule has 2 aromatic rings. The van der Waals surface area contributed by atoms with E-state index < -0.39 is 5.60 Å². The van der Waals surface area contributed by atoms with E-state index in [-0.39, 0.29) is 0 Å². The number of aromatic nitrogens is 1. The molecule has 0 amide bonds. The van der Waals surface area contributed by atoms with Gasteiger partial charge in [0.25, 0.3) is 0 Å². The first-order chi connectivity index (χ1) is 11.9. The molecule has 1 aliphatic heterocycles. The van der Waals surface area contributed by atoms with Crippen LogP contribution in [0.1, 0.15) is 31.5 Å². The lowest BCUT2D eigenvalue weighted by Crippen LogP contribution is -2.37. The first-order valence-electron chi connectivity index (χ1n) is 8.20. The van der Waals surface area contributed by atoms with Gasteiger partial charge in [-0.2, -0.15) is 0 Å². The minimum absolute atomic E-state index is 0.623. The summed E-state index contributed by atoms with van der Waals surface area (Å²) in [6.07, 6.45) is 2.31. The summed E-state index contributed by atoms with van der Waals surface area (Å²) in [6.45, 7) is 4.97. The van der Waals surface area contributed by atoms with Crippen molar-refractivity contribution in [3.8, 4) is 5.75 Å². The molecular formula is C19H22ClN3O2. The largest absolute Gasteiger partial charge is 0.495 e. The summed E-state index contributed by atoms with van der Waals surface area (Å²) < 4.78 is 5.18. The third-order valence-corrected chi connectivity index (χ3v) is 4.36. The van der Waals surface area contributed by atoms with Gasteiger partial charge in [0.1, 0.15) is 11.4 Å². The molecule has 0 atom stereocenters. The molecule has 5 nitrogen and oxygen atoms in total. The number of halogens is 1. The van der Waals surface area contributed by atoms with Gasteiger partial charge in [0.15, 0.2) is 5.84 Å². The summed E-state index contributed by atoms with van der Waals surface area (Å²) in [6, 6.07) is 9.48. The quantitative estimate of drug-likeness (QED) is 0.882. The molecular weight excluding hydrogens is 338 g/mol. The molecule has 1 N–H and O–H groups in total. The number of ether oxygens (including phenoxy) is 1. The zero-order valence-corrected chi connectivity index (χ0v) is 15.4. The first-order valence-corrected chi connectivity index (χ1v) is 8.58. The Labute approximate surface area is 152 Å². The molecule has 0 radical (unpaired) electrons. The number of hydrogen-bond donors (Lipinski definition) is 1. The second-order valence-corrected chi connectivity index (χ2v) is 7.21. The molecule has 1 aliphatic rings. The molecule has 3 rings (SSSR count). The summed E-state index contributed by atoms with van der Waals surface area (Å²) in [7, 11) is 1.62. The molecule has 0 spiro atoms. The number of methoxy groups -OCH3 is 1. The SMILES string of the molecule is COc1ccc(C2=Nc3ccc(Cl)cc3CN2CCC(C)(C)O)nc1. The summed E-state index contributed by atoms with van der Waals surface area (Å²) in [5, 5.41) is 10.8. The third-order valence-electron chi connectivity index (χ3n) is 4.12. The lowest BCUT2D eigenvalue weighted by Gasteiger charge is -2.32. The number of aliphatic imine (C=N–C) groups is 1. The molecule has 0 saturated carbocycles. The highest BCUT2D eigenvalue weighted by Crippen LogP contribution is 2.30. The number of hydrogen-bond acceptors (Lipinski definition) is 5. The minimum atomic E-state index is -0.743. The Balaban J connectivity index is 1.96. The zero-order valence-electron chi connectivity index (χ0n) is 14.7. The molecule has 1 aromatic heterocycles. The standard InChI is InChI=1S/C19H22ClN3O2/c1-19(2,24)8-9-23-12-13-10-14(20)4-6-16(13)22-18(23)17-7-5-15(25-3)11-21-17/h4-7,10-11,24H,8-9,12H2,1-3H3. The maximum Gasteiger partial charge on any atom is 0.155 e. The molecule has 2 heterocycles. The predicted octanol–water partition coefficient (Wildman–Crippen LogP) is 3.80. The Kier molecular flexibility index (Phi) is 4.97. The second-order valence-electron chi connectivity index (χ2n) is 6.78. The van der Waals surface area contributed by atoms with Crippen LogP contribution in [0.4, 0.5) is 5.69 Å². The summed E-state index contributed by atoms with van der Waals surface area (Å²) in [5.74, 6) is 1.50. The van der Waals surface area contributed by atoms with Gasteiger partial charge in [0, 0.05) is 18.1 Å². The topological polar surface area (TPSA) is 58.0 Å². The van der Waals surface area contributed by atoms with Gasteiger partial charge in [-0.1, -0.05) is 11.6 Å². The monoisotopic (exact) mass is 359 g/mol. The first kappa shape index (κ1) is 17.7. The number of amidine groups is 1. The lowest BCUT2D eigenvalue weighted by molar-refractivity contribution is 0.0640. The van der Waals surface area contributed by atoms with E-state index in [1.54, 1.807) is 13.3 Å². The van der Waals surface area contributed by atoms with E-state index in [9.17, 15) is 5.11 Å². The number of benzene rings is 1. The van der Waals surface area contributed by atoms with E-state index in [1.807, 2.05) is 44.2 Å². The normalized spacial score (nSPS) is 14.1. The van der Waals surface area contributed by atoms with Crippen molar-refractivity contribution in [1.82, 2.24) is 9.88 Å². The average molecular weight is 360 g/mol. The molecule has 6 heteroatoms. The van der Waals surface area contributed by atoms with Crippen molar-refractivity contribution in [2.75, 3.05) is 13.7 Å². The van der Waals surface area contributed by atoms with Gasteiger partial charge >= 0.3 is 0 Å². The van der Waals surface area contributed by atoms with Crippen LogP contribution >= 0.6 is 11.6 Å². The highest BCUT2D eigenvalue weighted by atomic mass is 35.5. The van der Waals surface area contributed by atoms with E-state index in [0.29, 0.717) is 30.3 Å². The number of rotatable bonds is 5. The Bertz CT molecular complexity index is 782. The fraction of sp³-hybridized carbons (Fsp3) is 0.368. The van der Waals surface area contributed by atoms with Crippen LogP contribution in [0, 0.1) is 0 Å². The van der Waals surface area contributed by atoms with Crippen molar-refractivity contribution in [2.45, 2.75) is 32.4 Å². The highest BCUT2D eigenvalue weighted by molar-refractivity contribution is 6.30. The van der Waals surface area contributed by atoms with Crippen LogP contribution in [0.15, 0.2) is 41.5 Å². The maximum atomic E-state index is 10.1. The Morgan fingerprint density at radius 3 is 2.72 bits per heavy atom. The smallest absolute Gasteiger partial charge is 0.155 e. The van der Waals surface area contributed by atoms with E-state index in [1.165, 1.54) is 0 Å². The Morgan fingerprint density at radius 2 is 2.08 bits per heavy atom. The molecule has 0 fully saturated rings.